The fraction of sp³-hybridized carbons (Fsp3) is 0.600. The van der Waals surface area contributed by atoms with Gasteiger partial charge in [-0.2, -0.15) is 0 Å². The second kappa shape index (κ2) is 6.03. The van der Waals surface area contributed by atoms with E-state index in [9.17, 15) is 0 Å². The van der Waals surface area contributed by atoms with Gasteiger partial charge in [-0.25, -0.2) is 9.97 Å². The molecular weight excluding hydrogens is 226 g/mol. The molecule has 0 spiro atoms. The number of hydrogen-bond donors (Lipinski definition) is 1. The largest absolute Gasteiger partial charge is 0.376 e. The third-order valence-electron chi connectivity index (χ3n) is 2.25. The molecule has 1 aliphatic heterocycles. The van der Waals surface area contributed by atoms with E-state index in [-0.39, 0.29) is 6.10 Å². The predicted octanol–water partition coefficient (Wildman–Crippen LogP) is 1.03. The Morgan fingerprint density at radius 1 is 1.50 bits per heavy atom. The summed E-state index contributed by atoms with van der Waals surface area (Å²) in [7, 11) is 0. The van der Waals surface area contributed by atoms with E-state index in [4.69, 9.17) is 9.47 Å². The second-order valence-corrected chi connectivity index (χ2v) is 4.22. The Bertz CT molecular complexity index is 332. The van der Waals surface area contributed by atoms with Crippen molar-refractivity contribution in [3.05, 3.63) is 12.4 Å². The van der Waals surface area contributed by atoms with Crippen LogP contribution in [0.25, 0.3) is 0 Å². The summed E-state index contributed by atoms with van der Waals surface area (Å²) in [6, 6.07) is 1.92. The van der Waals surface area contributed by atoms with E-state index in [0.717, 1.165) is 10.8 Å². The van der Waals surface area contributed by atoms with E-state index in [1.54, 1.807) is 18.1 Å². The van der Waals surface area contributed by atoms with Crippen molar-refractivity contribution in [3.8, 4) is 0 Å². The first-order chi connectivity index (χ1) is 7.88. The molecule has 1 unspecified atom stereocenters. The van der Waals surface area contributed by atoms with Crippen molar-refractivity contribution in [3.63, 3.8) is 0 Å². The average Bonchev–Trinajstić information content (AvgIpc) is 2.38. The van der Waals surface area contributed by atoms with Crippen molar-refractivity contribution in [1.29, 1.82) is 0 Å². The van der Waals surface area contributed by atoms with Crippen LogP contribution in [-0.4, -0.2) is 48.7 Å². The lowest BCUT2D eigenvalue weighted by Gasteiger charge is -2.23. The Kier molecular flexibility index (Phi) is 4.38. The Hall–Kier alpha value is -0.850. The number of nitrogens with one attached hydrogen (secondary N) is 1. The van der Waals surface area contributed by atoms with Gasteiger partial charge >= 0.3 is 0 Å². The van der Waals surface area contributed by atoms with E-state index in [0.29, 0.717) is 26.4 Å². The summed E-state index contributed by atoms with van der Waals surface area (Å²) in [6.07, 6.45) is 3.66. The minimum absolute atomic E-state index is 0.112. The lowest BCUT2D eigenvalue weighted by molar-refractivity contribution is -0.0819. The zero-order valence-corrected chi connectivity index (χ0v) is 10.00. The van der Waals surface area contributed by atoms with Crippen LogP contribution >= 0.6 is 11.8 Å². The Labute approximate surface area is 99.0 Å². The summed E-state index contributed by atoms with van der Waals surface area (Å²) in [4.78, 5) is 8.25. The number of ether oxygens (including phenoxy) is 2. The lowest BCUT2D eigenvalue weighted by atomic mass is 10.3. The molecule has 6 heteroatoms. The van der Waals surface area contributed by atoms with Gasteiger partial charge < -0.3 is 14.8 Å². The molecule has 0 saturated carbocycles. The summed E-state index contributed by atoms with van der Waals surface area (Å²) in [5.74, 6) is 0.827. The van der Waals surface area contributed by atoms with Crippen molar-refractivity contribution in [2.24, 2.45) is 0 Å². The summed E-state index contributed by atoms with van der Waals surface area (Å²) < 4.78 is 10.8. The molecule has 88 valence electrons. The Balaban J connectivity index is 1.83. The fourth-order valence-electron chi connectivity index (χ4n) is 1.42. The molecule has 5 nitrogen and oxygen atoms in total. The summed E-state index contributed by atoms with van der Waals surface area (Å²) in [6.45, 7) is 2.73. The Morgan fingerprint density at radius 3 is 3.19 bits per heavy atom. The highest BCUT2D eigenvalue weighted by Gasteiger charge is 2.13. The highest BCUT2D eigenvalue weighted by atomic mass is 32.2. The van der Waals surface area contributed by atoms with Gasteiger partial charge in [0.05, 0.1) is 25.9 Å². The zero-order chi connectivity index (χ0) is 11.2. The summed E-state index contributed by atoms with van der Waals surface area (Å²) in [5, 5.41) is 4.18. The van der Waals surface area contributed by atoms with E-state index >= 15 is 0 Å². The van der Waals surface area contributed by atoms with Gasteiger partial charge in [0.2, 0.25) is 0 Å². The summed E-state index contributed by atoms with van der Waals surface area (Å²) in [5.41, 5.74) is 0. The van der Waals surface area contributed by atoms with Crippen LogP contribution in [0.3, 0.4) is 0 Å². The van der Waals surface area contributed by atoms with Crippen LogP contribution in [0.1, 0.15) is 0 Å². The van der Waals surface area contributed by atoms with Gasteiger partial charge in [-0.05, 0) is 6.26 Å². The maximum absolute atomic E-state index is 5.52. The highest BCUT2D eigenvalue weighted by Crippen LogP contribution is 2.13. The van der Waals surface area contributed by atoms with Gasteiger partial charge in [-0.1, -0.05) is 0 Å². The van der Waals surface area contributed by atoms with Gasteiger partial charge in [0, 0.05) is 12.6 Å². The van der Waals surface area contributed by atoms with Crippen LogP contribution in [-0.2, 0) is 9.47 Å². The summed E-state index contributed by atoms with van der Waals surface area (Å²) >= 11 is 1.60. The average molecular weight is 241 g/mol. The van der Waals surface area contributed by atoms with E-state index in [1.807, 2.05) is 12.3 Å². The molecule has 0 bridgehead atoms. The zero-order valence-electron chi connectivity index (χ0n) is 9.18. The Morgan fingerprint density at radius 2 is 2.44 bits per heavy atom. The number of rotatable bonds is 4. The first-order valence-electron chi connectivity index (χ1n) is 5.18. The van der Waals surface area contributed by atoms with Crippen LogP contribution in [0, 0.1) is 0 Å². The van der Waals surface area contributed by atoms with Crippen LogP contribution in [0.5, 0.6) is 0 Å². The minimum Gasteiger partial charge on any atom is -0.376 e. The number of thioether (sulfide) groups is 1. The molecule has 16 heavy (non-hydrogen) atoms. The number of anilines is 1. The van der Waals surface area contributed by atoms with Crippen molar-refractivity contribution in [2.75, 3.05) is 37.9 Å². The first kappa shape index (κ1) is 11.6. The molecule has 1 atom stereocenters. The molecular formula is C10H15N3O2S. The quantitative estimate of drug-likeness (QED) is 0.627. The van der Waals surface area contributed by atoms with Gasteiger partial charge in [0.1, 0.15) is 17.2 Å². The molecule has 1 fully saturated rings. The third-order valence-corrected chi connectivity index (χ3v) is 2.89. The molecule has 1 N–H and O–H groups in total. The van der Waals surface area contributed by atoms with Crippen molar-refractivity contribution in [1.82, 2.24) is 9.97 Å². The van der Waals surface area contributed by atoms with Crippen LogP contribution in [0.15, 0.2) is 17.4 Å². The third kappa shape index (κ3) is 3.33. The van der Waals surface area contributed by atoms with Crippen LogP contribution in [0.4, 0.5) is 5.82 Å². The van der Waals surface area contributed by atoms with E-state index in [1.165, 1.54) is 0 Å². The van der Waals surface area contributed by atoms with Crippen molar-refractivity contribution >= 4 is 17.6 Å². The smallest absolute Gasteiger partial charge is 0.130 e. The lowest BCUT2D eigenvalue weighted by Crippen LogP contribution is -2.34. The normalized spacial score (nSPS) is 20.7. The van der Waals surface area contributed by atoms with Gasteiger partial charge in [-0.15, -0.1) is 11.8 Å². The monoisotopic (exact) mass is 241 g/mol. The molecule has 0 radical (unpaired) electrons. The molecule has 2 rings (SSSR count). The molecule has 0 aromatic carbocycles. The van der Waals surface area contributed by atoms with E-state index in [2.05, 4.69) is 15.3 Å². The maximum Gasteiger partial charge on any atom is 0.130 e. The van der Waals surface area contributed by atoms with Gasteiger partial charge in [-0.3, -0.25) is 0 Å². The highest BCUT2D eigenvalue weighted by molar-refractivity contribution is 7.98. The topological polar surface area (TPSA) is 56.3 Å². The molecule has 2 heterocycles. The molecule has 0 amide bonds. The van der Waals surface area contributed by atoms with Crippen molar-refractivity contribution < 1.29 is 9.47 Å². The molecule has 1 aliphatic rings. The molecule has 0 aliphatic carbocycles. The van der Waals surface area contributed by atoms with Crippen LogP contribution in [0.2, 0.25) is 0 Å². The second-order valence-electron chi connectivity index (χ2n) is 3.39. The number of hydrogen-bond acceptors (Lipinski definition) is 6. The van der Waals surface area contributed by atoms with E-state index < -0.39 is 0 Å². The molecule has 1 aromatic heterocycles. The standard InChI is InChI=1S/C10H15N3O2S/c1-16-10-4-9(12-7-13-10)11-5-8-6-14-2-3-15-8/h4,7-8H,2-3,5-6H2,1H3,(H,11,12,13). The molecule has 1 saturated heterocycles. The number of nitrogens with zero attached hydrogens (tertiary/aromatic N) is 2. The van der Waals surface area contributed by atoms with Crippen molar-refractivity contribution in [2.45, 2.75) is 11.1 Å². The predicted molar refractivity (Wildman–Crippen MR) is 62.9 cm³/mol. The van der Waals surface area contributed by atoms with Crippen LogP contribution < -0.4 is 5.32 Å². The fourth-order valence-corrected chi connectivity index (χ4v) is 1.80. The first-order valence-corrected chi connectivity index (χ1v) is 6.40. The van der Waals surface area contributed by atoms with Gasteiger partial charge in [0.25, 0.3) is 0 Å². The molecule has 1 aromatic rings. The number of aromatic nitrogens is 2. The van der Waals surface area contributed by atoms with Gasteiger partial charge in [0.15, 0.2) is 0 Å². The maximum atomic E-state index is 5.52. The SMILES string of the molecule is CSc1cc(NCC2COCCO2)ncn1. The minimum atomic E-state index is 0.112.